The highest BCUT2D eigenvalue weighted by molar-refractivity contribution is 7.15. The van der Waals surface area contributed by atoms with E-state index in [4.69, 9.17) is 5.73 Å². The van der Waals surface area contributed by atoms with E-state index in [0.717, 1.165) is 12.2 Å². The van der Waals surface area contributed by atoms with Crippen LogP contribution in [-0.4, -0.2) is 23.0 Å². The van der Waals surface area contributed by atoms with Gasteiger partial charge in [0.2, 0.25) is 0 Å². The molecule has 1 saturated heterocycles. The number of likely N-dealkylation sites (tertiary alicyclic amines) is 1. The van der Waals surface area contributed by atoms with Gasteiger partial charge < -0.3 is 5.73 Å². The van der Waals surface area contributed by atoms with Crippen molar-refractivity contribution in [1.82, 2.24) is 9.88 Å². The Bertz CT molecular complexity index is 289. The van der Waals surface area contributed by atoms with E-state index in [1.165, 1.54) is 30.8 Å². The Morgan fingerprint density at radius 1 is 1.46 bits per heavy atom. The lowest BCUT2D eigenvalue weighted by atomic mass is 10.4. The first kappa shape index (κ1) is 8.97. The summed E-state index contributed by atoms with van der Waals surface area (Å²) in [7, 11) is 0. The van der Waals surface area contributed by atoms with Crippen LogP contribution in [0.2, 0.25) is 0 Å². The van der Waals surface area contributed by atoms with Crippen molar-refractivity contribution in [3.8, 4) is 0 Å². The Labute approximate surface area is 82.6 Å². The molecule has 4 heteroatoms. The monoisotopic (exact) mass is 197 g/mol. The summed E-state index contributed by atoms with van der Waals surface area (Å²) in [6.07, 6.45) is 2.68. The third-order valence-corrected chi connectivity index (χ3v) is 3.45. The minimum absolute atomic E-state index is 0.701. The van der Waals surface area contributed by atoms with E-state index >= 15 is 0 Å². The van der Waals surface area contributed by atoms with Crippen molar-refractivity contribution in [2.24, 2.45) is 0 Å². The molecule has 1 aromatic rings. The molecule has 0 bridgehead atoms. The molecule has 0 saturated carbocycles. The van der Waals surface area contributed by atoms with Gasteiger partial charge in [-0.25, -0.2) is 4.98 Å². The third kappa shape index (κ3) is 2.00. The lowest BCUT2D eigenvalue weighted by molar-refractivity contribution is 0.333. The summed E-state index contributed by atoms with van der Waals surface area (Å²) in [5.41, 5.74) is 6.75. The maximum atomic E-state index is 5.64. The number of nitrogens with zero attached hydrogens (tertiary/aromatic N) is 2. The van der Waals surface area contributed by atoms with E-state index in [0.29, 0.717) is 5.13 Å². The predicted molar refractivity (Wildman–Crippen MR) is 55.8 cm³/mol. The number of anilines is 1. The van der Waals surface area contributed by atoms with Crippen LogP contribution in [0, 0.1) is 6.92 Å². The van der Waals surface area contributed by atoms with Crippen LogP contribution in [-0.2, 0) is 6.54 Å². The van der Waals surface area contributed by atoms with E-state index in [2.05, 4.69) is 9.88 Å². The van der Waals surface area contributed by atoms with Crippen molar-refractivity contribution < 1.29 is 0 Å². The molecule has 1 aromatic heterocycles. The Morgan fingerprint density at radius 2 is 2.15 bits per heavy atom. The van der Waals surface area contributed by atoms with Crippen LogP contribution >= 0.6 is 11.3 Å². The molecule has 1 aliphatic rings. The first-order chi connectivity index (χ1) is 6.25. The van der Waals surface area contributed by atoms with Gasteiger partial charge in [0.25, 0.3) is 0 Å². The van der Waals surface area contributed by atoms with E-state index in [9.17, 15) is 0 Å². The van der Waals surface area contributed by atoms with Gasteiger partial charge in [-0.1, -0.05) is 0 Å². The highest BCUT2D eigenvalue weighted by Crippen LogP contribution is 2.22. The van der Waals surface area contributed by atoms with Gasteiger partial charge in [-0.2, -0.15) is 0 Å². The Morgan fingerprint density at radius 3 is 2.69 bits per heavy atom. The molecule has 0 spiro atoms. The van der Waals surface area contributed by atoms with Crippen LogP contribution < -0.4 is 5.73 Å². The molecule has 0 aromatic carbocycles. The van der Waals surface area contributed by atoms with Crippen LogP contribution in [0.4, 0.5) is 5.13 Å². The van der Waals surface area contributed by atoms with E-state index < -0.39 is 0 Å². The number of nitrogen functional groups attached to an aromatic ring is 1. The number of rotatable bonds is 2. The molecule has 1 aliphatic heterocycles. The molecule has 0 atom stereocenters. The average molecular weight is 197 g/mol. The molecule has 0 radical (unpaired) electrons. The third-order valence-electron chi connectivity index (χ3n) is 2.48. The Balaban J connectivity index is 2.03. The molecular weight excluding hydrogens is 182 g/mol. The van der Waals surface area contributed by atoms with E-state index in [1.54, 1.807) is 11.3 Å². The minimum atomic E-state index is 0.701. The predicted octanol–water partition coefficient (Wildman–Crippen LogP) is 1.63. The summed E-state index contributed by atoms with van der Waals surface area (Å²) in [4.78, 5) is 8.03. The molecule has 13 heavy (non-hydrogen) atoms. The topological polar surface area (TPSA) is 42.1 Å². The number of aryl methyl sites for hydroxylation is 1. The van der Waals surface area contributed by atoms with E-state index in [-0.39, 0.29) is 0 Å². The Hall–Kier alpha value is -0.610. The zero-order valence-electron chi connectivity index (χ0n) is 7.92. The van der Waals surface area contributed by atoms with Crippen molar-refractivity contribution in [2.45, 2.75) is 26.3 Å². The van der Waals surface area contributed by atoms with Gasteiger partial charge in [-0.05, 0) is 32.9 Å². The highest BCUT2D eigenvalue weighted by Gasteiger charge is 2.14. The lowest BCUT2D eigenvalue weighted by Gasteiger charge is -2.12. The summed E-state index contributed by atoms with van der Waals surface area (Å²) < 4.78 is 0. The molecule has 1 fully saturated rings. The summed E-state index contributed by atoms with van der Waals surface area (Å²) in [6.45, 7) is 5.55. The van der Waals surface area contributed by atoms with Crippen molar-refractivity contribution in [2.75, 3.05) is 18.8 Å². The van der Waals surface area contributed by atoms with Gasteiger partial charge in [0.05, 0.1) is 5.69 Å². The molecule has 0 unspecified atom stereocenters. The number of thiazole rings is 1. The van der Waals surface area contributed by atoms with Gasteiger partial charge in [0, 0.05) is 11.4 Å². The Kier molecular flexibility index (Phi) is 2.51. The van der Waals surface area contributed by atoms with Gasteiger partial charge in [0.1, 0.15) is 0 Å². The zero-order valence-corrected chi connectivity index (χ0v) is 8.73. The lowest BCUT2D eigenvalue weighted by Crippen LogP contribution is -2.18. The number of hydrogen-bond donors (Lipinski definition) is 1. The first-order valence-electron chi connectivity index (χ1n) is 4.70. The largest absolute Gasteiger partial charge is 0.375 e. The van der Waals surface area contributed by atoms with Crippen LogP contribution in [0.5, 0.6) is 0 Å². The maximum absolute atomic E-state index is 5.64. The number of nitrogens with two attached hydrogens (primary N) is 1. The normalized spacial score (nSPS) is 18.2. The molecule has 0 aliphatic carbocycles. The second-order valence-corrected chi connectivity index (χ2v) is 4.66. The van der Waals surface area contributed by atoms with Crippen molar-refractivity contribution in [3.05, 3.63) is 10.6 Å². The molecule has 3 nitrogen and oxygen atoms in total. The smallest absolute Gasteiger partial charge is 0.180 e. The molecule has 2 heterocycles. The zero-order chi connectivity index (χ0) is 9.26. The summed E-state index contributed by atoms with van der Waals surface area (Å²) >= 11 is 1.63. The van der Waals surface area contributed by atoms with Gasteiger partial charge in [-0.3, -0.25) is 4.90 Å². The van der Waals surface area contributed by atoms with Gasteiger partial charge >= 0.3 is 0 Å². The highest BCUT2D eigenvalue weighted by atomic mass is 32.1. The fourth-order valence-corrected chi connectivity index (χ4v) is 2.62. The summed E-state index contributed by atoms with van der Waals surface area (Å²) in [6, 6.07) is 0. The van der Waals surface area contributed by atoms with Crippen LogP contribution in [0.15, 0.2) is 0 Å². The van der Waals surface area contributed by atoms with E-state index in [1.807, 2.05) is 6.92 Å². The quantitative estimate of drug-likeness (QED) is 0.783. The SMILES string of the molecule is Cc1nc(N)sc1CN1CCCC1. The summed E-state index contributed by atoms with van der Waals surface area (Å²) in [5, 5.41) is 0.701. The van der Waals surface area contributed by atoms with Crippen LogP contribution in [0.1, 0.15) is 23.4 Å². The first-order valence-corrected chi connectivity index (χ1v) is 5.51. The fraction of sp³-hybridized carbons (Fsp3) is 0.667. The van der Waals surface area contributed by atoms with Gasteiger partial charge in [0.15, 0.2) is 5.13 Å². The van der Waals surface area contributed by atoms with Crippen molar-refractivity contribution in [1.29, 1.82) is 0 Å². The van der Waals surface area contributed by atoms with Gasteiger partial charge in [-0.15, -0.1) is 11.3 Å². The molecular formula is C9H15N3S. The second kappa shape index (κ2) is 3.64. The number of aromatic nitrogens is 1. The summed E-state index contributed by atoms with van der Waals surface area (Å²) in [5.74, 6) is 0. The van der Waals surface area contributed by atoms with Crippen molar-refractivity contribution in [3.63, 3.8) is 0 Å². The fourth-order valence-electron chi connectivity index (χ4n) is 1.74. The molecule has 2 rings (SSSR count). The standard InChI is InChI=1S/C9H15N3S/c1-7-8(13-9(10)11-7)6-12-4-2-3-5-12/h2-6H2,1H3,(H2,10,11). The molecule has 72 valence electrons. The number of hydrogen-bond acceptors (Lipinski definition) is 4. The van der Waals surface area contributed by atoms with Crippen LogP contribution in [0.25, 0.3) is 0 Å². The average Bonchev–Trinajstić information content (AvgIpc) is 2.63. The van der Waals surface area contributed by atoms with Crippen molar-refractivity contribution >= 4 is 16.5 Å². The minimum Gasteiger partial charge on any atom is -0.375 e. The molecule has 0 amide bonds. The maximum Gasteiger partial charge on any atom is 0.180 e. The second-order valence-electron chi connectivity index (χ2n) is 3.54. The molecule has 2 N–H and O–H groups in total. The van der Waals surface area contributed by atoms with Crippen LogP contribution in [0.3, 0.4) is 0 Å².